The van der Waals surface area contributed by atoms with Gasteiger partial charge in [-0.2, -0.15) is 0 Å². The molecule has 1 amide bonds. The largest absolute Gasteiger partial charge is 0.348 e. The number of fused-ring (bicyclic) bond motifs is 2. The molecule has 4 aromatic heterocycles. The average Bonchev–Trinajstić information content (AvgIpc) is 3.32. The number of anilines is 2. The monoisotopic (exact) mass is 413 g/mol. The molecule has 2 N–H and O–H groups in total. The zero-order chi connectivity index (χ0) is 21.5. The summed E-state index contributed by atoms with van der Waals surface area (Å²) in [5.74, 6) is 0.578. The van der Waals surface area contributed by atoms with E-state index in [2.05, 4.69) is 25.5 Å². The van der Waals surface area contributed by atoms with Crippen LogP contribution in [0.15, 0.2) is 48.9 Å². The fourth-order valence-electron chi connectivity index (χ4n) is 4.04. The fourth-order valence-corrected chi connectivity index (χ4v) is 4.04. The Balaban J connectivity index is 1.58. The topological polar surface area (TPSA) is 88.0 Å². The van der Waals surface area contributed by atoms with Crippen molar-refractivity contribution >= 4 is 28.4 Å². The van der Waals surface area contributed by atoms with Crippen molar-refractivity contribution < 1.29 is 4.79 Å². The maximum atomic E-state index is 12.7. The normalized spacial score (nSPS) is 13.0. The summed E-state index contributed by atoms with van der Waals surface area (Å²) in [7, 11) is 5.97. The third kappa shape index (κ3) is 3.40. The molecule has 0 aliphatic carbocycles. The van der Waals surface area contributed by atoms with Gasteiger partial charge in [0.15, 0.2) is 0 Å². The highest BCUT2D eigenvalue weighted by Gasteiger charge is 2.28. The fraction of sp³-hybridized carbons (Fsp3) is 0.217. The van der Waals surface area contributed by atoms with Gasteiger partial charge in [-0.1, -0.05) is 6.07 Å². The van der Waals surface area contributed by atoms with Crippen molar-refractivity contribution in [2.45, 2.75) is 13.1 Å². The summed E-state index contributed by atoms with van der Waals surface area (Å²) in [5, 5.41) is 7.26. The first-order valence-corrected chi connectivity index (χ1v) is 10.1. The molecule has 0 aromatic carbocycles. The van der Waals surface area contributed by atoms with Crippen molar-refractivity contribution in [3.63, 3.8) is 0 Å². The van der Waals surface area contributed by atoms with Gasteiger partial charge in [0.25, 0.3) is 5.91 Å². The molecule has 0 saturated carbocycles. The van der Waals surface area contributed by atoms with Gasteiger partial charge in [0.1, 0.15) is 11.5 Å². The number of hydrogen-bond donors (Lipinski definition) is 2. The van der Waals surface area contributed by atoms with Crippen LogP contribution in [0.4, 0.5) is 11.5 Å². The lowest BCUT2D eigenvalue weighted by molar-refractivity contribution is 0.0966. The zero-order valence-corrected chi connectivity index (χ0v) is 17.7. The minimum atomic E-state index is -0.107. The first-order valence-electron chi connectivity index (χ1n) is 10.1. The van der Waals surface area contributed by atoms with E-state index in [4.69, 9.17) is 4.98 Å². The number of hydrogen-bond acceptors (Lipinski definition) is 6. The molecule has 1 aliphatic rings. The van der Waals surface area contributed by atoms with E-state index in [9.17, 15) is 4.79 Å². The number of aromatic nitrogens is 4. The maximum Gasteiger partial charge on any atom is 0.254 e. The summed E-state index contributed by atoms with van der Waals surface area (Å²) in [6.45, 7) is 1.18. The number of rotatable bonds is 5. The Labute approximate surface area is 180 Å². The number of pyridine rings is 3. The van der Waals surface area contributed by atoms with E-state index >= 15 is 0 Å². The zero-order valence-electron chi connectivity index (χ0n) is 17.7. The van der Waals surface area contributed by atoms with Crippen LogP contribution in [-0.4, -0.2) is 44.4 Å². The van der Waals surface area contributed by atoms with Crippen molar-refractivity contribution in [2.75, 3.05) is 19.4 Å². The van der Waals surface area contributed by atoms with Gasteiger partial charge in [-0.05, 0) is 38.4 Å². The molecule has 0 saturated heterocycles. The van der Waals surface area contributed by atoms with Gasteiger partial charge in [-0.25, -0.2) is 9.97 Å². The molecule has 0 bridgehead atoms. The Kier molecular flexibility index (Phi) is 4.63. The van der Waals surface area contributed by atoms with E-state index in [-0.39, 0.29) is 5.91 Å². The summed E-state index contributed by atoms with van der Waals surface area (Å²) in [4.78, 5) is 28.7. The predicted octanol–water partition coefficient (Wildman–Crippen LogP) is 3.08. The van der Waals surface area contributed by atoms with E-state index in [1.54, 1.807) is 12.4 Å². The number of nitrogens with one attached hydrogen (secondary N) is 2. The molecule has 8 heteroatoms. The van der Waals surface area contributed by atoms with Crippen LogP contribution >= 0.6 is 0 Å². The Morgan fingerprint density at radius 2 is 2.06 bits per heavy atom. The van der Waals surface area contributed by atoms with Gasteiger partial charge in [0.05, 0.1) is 28.8 Å². The number of nitrogens with zero attached hydrogens (tertiary/aromatic N) is 5. The second kappa shape index (κ2) is 7.48. The minimum absolute atomic E-state index is 0.107. The smallest absolute Gasteiger partial charge is 0.254 e. The SMILES string of the molecule is CN(C)Cc1cccc(Nc2cnc(-c3ccnc4c3ccn4C)c3c2C(=O)NC3)n1. The van der Waals surface area contributed by atoms with E-state index in [0.717, 1.165) is 40.1 Å². The summed E-state index contributed by atoms with van der Waals surface area (Å²) in [6.07, 6.45) is 5.48. The van der Waals surface area contributed by atoms with Crippen molar-refractivity contribution in [3.8, 4) is 11.3 Å². The first kappa shape index (κ1) is 19.2. The molecule has 0 radical (unpaired) electrons. The molecule has 0 fully saturated rings. The Hall–Kier alpha value is -3.78. The third-order valence-electron chi connectivity index (χ3n) is 5.40. The van der Waals surface area contributed by atoms with Crippen LogP contribution in [-0.2, 0) is 20.1 Å². The highest BCUT2D eigenvalue weighted by molar-refractivity contribution is 6.06. The van der Waals surface area contributed by atoms with Crippen LogP contribution in [0.5, 0.6) is 0 Å². The van der Waals surface area contributed by atoms with E-state index in [1.807, 2.05) is 62.2 Å². The summed E-state index contributed by atoms with van der Waals surface area (Å²) >= 11 is 0. The first-order chi connectivity index (χ1) is 15.0. The number of carbonyl (C=O) groups excluding carboxylic acids is 1. The van der Waals surface area contributed by atoms with Gasteiger partial charge in [-0.3, -0.25) is 9.78 Å². The quantitative estimate of drug-likeness (QED) is 0.523. The molecular weight excluding hydrogens is 390 g/mol. The Morgan fingerprint density at radius 3 is 2.90 bits per heavy atom. The summed E-state index contributed by atoms with van der Waals surface area (Å²) in [6, 6.07) is 9.82. The lowest BCUT2D eigenvalue weighted by Gasteiger charge is -2.14. The van der Waals surface area contributed by atoms with Gasteiger partial charge in [0.2, 0.25) is 0 Å². The van der Waals surface area contributed by atoms with Crippen LogP contribution in [0.25, 0.3) is 22.3 Å². The van der Waals surface area contributed by atoms with Crippen molar-refractivity contribution in [3.05, 3.63) is 65.7 Å². The standard InChI is InChI=1S/C23H23N7O/c1-29(2)13-14-5-4-6-19(27-14)28-18-12-25-21(17-11-26-23(31)20(17)18)15-7-9-24-22-16(15)8-10-30(22)3/h4-10,12H,11,13H2,1-3H3,(H,26,31)(H,27,28). The van der Waals surface area contributed by atoms with E-state index in [1.165, 1.54) is 0 Å². The second-order valence-corrected chi connectivity index (χ2v) is 7.96. The Morgan fingerprint density at radius 1 is 1.19 bits per heavy atom. The molecule has 5 heterocycles. The highest BCUT2D eigenvalue weighted by Crippen LogP contribution is 2.35. The van der Waals surface area contributed by atoms with Crippen LogP contribution in [0.3, 0.4) is 0 Å². The average molecular weight is 413 g/mol. The van der Waals surface area contributed by atoms with Crippen molar-refractivity contribution in [1.29, 1.82) is 0 Å². The van der Waals surface area contributed by atoms with Crippen LogP contribution in [0.2, 0.25) is 0 Å². The second-order valence-electron chi connectivity index (χ2n) is 7.96. The molecule has 1 aliphatic heterocycles. The third-order valence-corrected chi connectivity index (χ3v) is 5.40. The van der Waals surface area contributed by atoms with Crippen molar-refractivity contribution in [1.82, 2.24) is 29.7 Å². The van der Waals surface area contributed by atoms with Crippen molar-refractivity contribution in [2.24, 2.45) is 7.05 Å². The van der Waals surface area contributed by atoms with E-state index in [0.29, 0.717) is 23.6 Å². The van der Waals surface area contributed by atoms with Crippen LogP contribution in [0, 0.1) is 0 Å². The maximum absolute atomic E-state index is 12.7. The van der Waals surface area contributed by atoms with Crippen LogP contribution < -0.4 is 10.6 Å². The molecule has 0 spiro atoms. The van der Waals surface area contributed by atoms with Gasteiger partial charge < -0.3 is 20.1 Å². The molecule has 0 atom stereocenters. The molecule has 5 rings (SSSR count). The molecular formula is C23H23N7O. The number of aryl methyl sites for hydroxylation is 1. The van der Waals surface area contributed by atoms with Gasteiger partial charge >= 0.3 is 0 Å². The van der Waals surface area contributed by atoms with Gasteiger partial charge in [-0.15, -0.1) is 0 Å². The molecule has 0 unspecified atom stereocenters. The molecule has 156 valence electrons. The van der Waals surface area contributed by atoms with Crippen LogP contribution in [0.1, 0.15) is 21.6 Å². The van der Waals surface area contributed by atoms with Gasteiger partial charge in [0, 0.05) is 49.0 Å². The minimum Gasteiger partial charge on any atom is -0.348 e. The lowest BCUT2D eigenvalue weighted by atomic mass is 10.0. The summed E-state index contributed by atoms with van der Waals surface area (Å²) in [5.41, 5.74) is 5.75. The summed E-state index contributed by atoms with van der Waals surface area (Å²) < 4.78 is 1.98. The Bertz CT molecular complexity index is 1310. The highest BCUT2D eigenvalue weighted by atomic mass is 16.1. The van der Waals surface area contributed by atoms with E-state index < -0.39 is 0 Å². The molecule has 8 nitrogen and oxygen atoms in total. The molecule has 31 heavy (non-hydrogen) atoms. The number of carbonyl (C=O) groups is 1. The lowest BCUT2D eigenvalue weighted by Crippen LogP contribution is -2.14. The number of amides is 1. The molecule has 4 aromatic rings. The predicted molar refractivity (Wildman–Crippen MR) is 120 cm³/mol.